The molecule has 12 nitrogen and oxygen atoms in total. The number of benzene rings is 3. The summed E-state index contributed by atoms with van der Waals surface area (Å²) in [5.41, 5.74) is 2.75. The topological polar surface area (TPSA) is 150 Å². The number of hydrogen-bond donors (Lipinski definition) is 3. The highest BCUT2D eigenvalue weighted by Crippen LogP contribution is 2.29. The van der Waals surface area contributed by atoms with Crippen LogP contribution in [-0.2, 0) is 25.5 Å². The van der Waals surface area contributed by atoms with E-state index in [0.29, 0.717) is 33.9 Å². The van der Waals surface area contributed by atoms with Crippen molar-refractivity contribution < 1.29 is 33.4 Å². The fourth-order valence-corrected chi connectivity index (χ4v) is 5.20. The minimum atomic E-state index is -0.973. The lowest BCUT2D eigenvalue weighted by molar-refractivity contribution is -0.151. The number of ether oxygens (including phenoxy) is 3. The van der Waals surface area contributed by atoms with Crippen LogP contribution in [-0.4, -0.2) is 51.1 Å². The second kappa shape index (κ2) is 16.6. The number of rotatable bonds is 11. The van der Waals surface area contributed by atoms with Crippen LogP contribution in [0.3, 0.4) is 0 Å². The van der Waals surface area contributed by atoms with Crippen molar-refractivity contribution in [2.24, 2.45) is 5.92 Å². The van der Waals surface area contributed by atoms with Gasteiger partial charge in [-0.05, 0) is 101 Å². The van der Waals surface area contributed by atoms with Gasteiger partial charge in [-0.2, -0.15) is 5.10 Å². The van der Waals surface area contributed by atoms with Crippen molar-refractivity contribution in [1.82, 2.24) is 20.4 Å². The molecule has 0 aliphatic rings. The average molecular weight is 712 g/mol. The Morgan fingerprint density at radius 1 is 0.769 bits per heavy atom. The molecule has 4 rings (SSSR count). The SMILES string of the molecule is Cc1cc(C(=O)Nc2cccc(C(OC(=O)[C@@H](NC(=O)OC(C)(C)C)C(C)C)c3ccccc3)c2)n(-c2cccc(CNC(=O)OC(C)(C)C)c2)n1. The van der Waals surface area contributed by atoms with E-state index in [-0.39, 0.29) is 12.5 Å². The molecule has 276 valence electrons. The predicted octanol–water partition coefficient (Wildman–Crippen LogP) is 7.64. The summed E-state index contributed by atoms with van der Waals surface area (Å²) in [6, 6.07) is 24.3. The lowest BCUT2D eigenvalue weighted by atomic mass is 10.00. The van der Waals surface area contributed by atoms with Crippen LogP contribution in [0.4, 0.5) is 15.3 Å². The molecule has 0 aliphatic heterocycles. The van der Waals surface area contributed by atoms with Gasteiger partial charge >= 0.3 is 18.2 Å². The monoisotopic (exact) mass is 711 g/mol. The Balaban J connectivity index is 1.56. The molecule has 0 saturated carbocycles. The van der Waals surface area contributed by atoms with Gasteiger partial charge in [0.15, 0.2) is 6.10 Å². The molecule has 2 atom stereocenters. The van der Waals surface area contributed by atoms with Gasteiger partial charge in [0.25, 0.3) is 5.91 Å². The highest BCUT2D eigenvalue weighted by atomic mass is 16.6. The number of hydrogen-bond acceptors (Lipinski definition) is 8. The van der Waals surface area contributed by atoms with Gasteiger partial charge in [0.1, 0.15) is 22.9 Å². The van der Waals surface area contributed by atoms with Crippen molar-refractivity contribution in [2.45, 2.75) is 92.2 Å². The number of nitrogens with one attached hydrogen (secondary N) is 3. The van der Waals surface area contributed by atoms with Crippen LogP contribution in [0, 0.1) is 12.8 Å². The number of amides is 3. The molecule has 0 spiro atoms. The maximum atomic E-state index is 13.8. The Labute approximate surface area is 305 Å². The average Bonchev–Trinajstić information content (AvgIpc) is 3.46. The molecule has 0 aliphatic carbocycles. The van der Waals surface area contributed by atoms with Gasteiger partial charge in [-0.1, -0.05) is 68.4 Å². The minimum Gasteiger partial charge on any atom is -0.451 e. The van der Waals surface area contributed by atoms with Crippen LogP contribution >= 0.6 is 0 Å². The maximum absolute atomic E-state index is 13.8. The number of carbonyl (C=O) groups is 4. The van der Waals surface area contributed by atoms with Crippen molar-refractivity contribution in [3.05, 3.63) is 113 Å². The van der Waals surface area contributed by atoms with E-state index in [9.17, 15) is 19.2 Å². The molecule has 3 aromatic carbocycles. The molecule has 1 unspecified atom stereocenters. The summed E-state index contributed by atoms with van der Waals surface area (Å²) in [6.45, 7) is 16.2. The number of nitrogens with zero attached hydrogens (tertiary/aromatic N) is 2. The zero-order valence-electron chi connectivity index (χ0n) is 31.3. The van der Waals surface area contributed by atoms with Crippen molar-refractivity contribution in [1.29, 1.82) is 0 Å². The smallest absolute Gasteiger partial charge is 0.408 e. The number of esters is 1. The van der Waals surface area contributed by atoms with Crippen LogP contribution in [0.15, 0.2) is 84.9 Å². The number of carbonyl (C=O) groups excluding carboxylic acids is 4. The molecule has 1 heterocycles. The molecular formula is C40H49N5O7. The highest BCUT2D eigenvalue weighted by Gasteiger charge is 2.31. The number of anilines is 1. The Kier molecular flexibility index (Phi) is 12.5. The van der Waals surface area contributed by atoms with Crippen LogP contribution in [0.1, 0.15) is 94.4 Å². The lowest BCUT2D eigenvalue weighted by Crippen LogP contribution is -2.47. The molecule has 3 amide bonds. The Hall–Kier alpha value is -5.65. The first kappa shape index (κ1) is 39.1. The van der Waals surface area contributed by atoms with Crippen LogP contribution in [0.25, 0.3) is 5.69 Å². The molecule has 3 N–H and O–H groups in total. The first-order valence-corrected chi connectivity index (χ1v) is 17.2. The summed E-state index contributed by atoms with van der Waals surface area (Å²) in [7, 11) is 0. The van der Waals surface area contributed by atoms with Gasteiger partial charge in [0, 0.05) is 12.2 Å². The summed E-state index contributed by atoms with van der Waals surface area (Å²) < 4.78 is 18.4. The van der Waals surface area contributed by atoms with Crippen molar-refractivity contribution >= 4 is 29.8 Å². The fourth-order valence-electron chi connectivity index (χ4n) is 5.20. The molecule has 52 heavy (non-hydrogen) atoms. The quantitative estimate of drug-likeness (QED) is 0.106. The van der Waals surface area contributed by atoms with Gasteiger partial charge in [-0.3, -0.25) is 4.79 Å². The lowest BCUT2D eigenvalue weighted by Gasteiger charge is -2.27. The van der Waals surface area contributed by atoms with E-state index in [1.165, 1.54) is 0 Å². The van der Waals surface area contributed by atoms with E-state index in [2.05, 4.69) is 21.0 Å². The third-order valence-corrected chi connectivity index (χ3v) is 7.43. The van der Waals surface area contributed by atoms with E-state index in [4.69, 9.17) is 14.2 Å². The molecule has 0 radical (unpaired) electrons. The zero-order chi connectivity index (χ0) is 38.2. The summed E-state index contributed by atoms with van der Waals surface area (Å²) in [5.74, 6) is -1.34. The Morgan fingerprint density at radius 3 is 2.06 bits per heavy atom. The predicted molar refractivity (Wildman–Crippen MR) is 198 cm³/mol. The second-order valence-corrected chi connectivity index (χ2v) is 14.8. The molecule has 0 saturated heterocycles. The third kappa shape index (κ3) is 11.4. The zero-order valence-corrected chi connectivity index (χ0v) is 31.3. The van der Waals surface area contributed by atoms with Gasteiger partial charge < -0.3 is 30.2 Å². The largest absolute Gasteiger partial charge is 0.451 e. The highest BCUT2D eigenvalue weighted by molar-refractivity contribution is 6.03. The Morgan fingerprint density at radius 2 is 1.40 bits per heavy atom. The first-order valence-electron chi connectivity index (χ1n) is 17.2. The summed E-state index contributed by atoms with van der Waals surface area (Å²) in [4.78, 5) is 52.2. The number of aryl methyl sites for hydroxylation is 1. The van der Waals surface area contributed by atoms with Gasteiger partial charge in [-0.25, -0.2) is 19.1 Å². The Bertz CT molecular complexity index is 1870. The molecule has 4 aromatic rings. The molecule has 1 aromatic heterocycles. The maximum Gasteiger partial charge on any atom is 0.408 e. The molecule has 0 bridgehead atoms. The fraction of sp³-hybridized carbons (Fsp3) is 0.375. The number of aromatic nitrogens is 2. The van der Waals surface area contributed by atoms with Gasteiger partial charge in [-0.15, -0.1) is 0 Å². The van der Waals surface area contributed by atoms with E-state index < -0.39 is 47.4 Å². The van der Waals surface area contributed by atoms with Crippen molar-refractivity contribution in [3.63, 3.8) is 0 Å². The molecule has 0 fully saturated rings. The normalized spacial score (nSPS) is 12.7. The number of alkyl carbamates (subject to hydrolysis) is 2. The van der Waals surface area contributed by atoms with Gasteiger partial charge in [0.2, 0.25) is 0 Å². The van der Waals surface area contributed by atoms with Crippen LogP contribution in [0.5, 0.6) is 0 Å². The van der Waals surface area contributed by atoms with Crippen LogP contribution < -0.4 is 16.0 Å². The third-order valence-electron chi connectivity index (χ3n) is 7.43. The van der Waals surface area contributed by atoms with Crippen molar-refractivity contribution in [3.8, 4) is 5.69 Å². The second-order valence-electron chi connectivity index (χ2n) is 14.8. The van der Waals surface area contributed by atoms with E-state index in [1.54, 1.807) is 97.3 Å². The molecular weight excluding hydrogens is 662 g/mol. The summed E-state index contributed by atoms with van der Waals surface area (Å²) in [5, 5.41) is 12.9. The minimum absolute atomic E-state index is 0.222. The van der Waals surface area contributed by atoms with Crippen LogP contribution in [0.2, 0.25) is 0 Å². The summed E-state index contributed by atoms with van der Waals surface area (Å²) >= 11 is 0. The standard InChI is InChI=1S/C40H49N5O7/c1-25(2)33(43-38(49)52-40(7,8)9)36(47)50-34(28-16-11-10-12-17-28)29-18-14-19-30(23-29)42-35(46)32-21-26(3)44-45(32)31-20-13-15-27(22-31)24-41-37(48)51-39(4,5)6/h10-23,25,33-34H,24H2,1-9H3,(H,41,48)(H,42,46)(H,43,49)/t33-,34?/m0/s1. The van der Waals surface area contributed by atoms with E-state index in [1.807, 2.05) is 54.6 Å². The molecule has 12 heteroatoms. The first-order chi connectivity index (χ1) is 24.4. The summed E-state index contributed by atoms with van der Waals surface area (Å²) in [6.07, 6.45) is -2.10. The van der Waals surface area contributed by atoms with E-state index >= 15 is 0 Å². The van der Waals surface area contributed by atoms with Crippen molar-refractivity contribution in [2.75, 3.05) is 5.32 Å². The van der Waals surface area contributed by atoms with E-state index in [0.717, 1.165) is 5.56 Å². The van der Waals surface area contributed by atoms with Gasteiger partial charge in [0.05, 0.1) is 11.4 Å².